The number of hydrogen-bond acceptors (Lipinski definition) is 2. The van der Waals surface area contributed by atoms with Gasteiger partial charge in [-0.2, -0.15) is 14.8 Å². The highest BCUT2D eigenvalue weighted by Crippen LogP contribution is 2.20. The van der Waals surface area contributed by atoms with Crippen molar-refractivity contribution in [2.75, 3.05) is 0 Å². The van der Waals surface area contributed by atoms with E-state index in [1.54, 1.807) is 0 Å². The van der Waals surface area contributed by atoms with E-state index in [2.05, 4.69) is 30.1 Å². The molecule has 3 nitrogen and oxygen atoms in total. The highest BCUT2D eigenvalue weighted by atomic mass is 15.4. The summed E-state index contributed by atoms with van der Waals surface area (Å²) in [5, 5.41) is 8.99. The first kappa shape index (κ1) is 14.0. The molecule has 0 saturated heterocycles. The van der Waals surface area contributed by atoms with Crippen molar-refractivity contribution in [1.29, 1.82) is 0 Å². The van der Waals surface area contributed by atoms with E-state index in [1.807, 2.05) is 16.9 Å². The fraction of sp³-hybridized carbons (Fsp3) is 0.625. The molecule has 0 atom stereocenters. The second-order valence-corrected chi connectivity index (χ2v) is 5.24. The molecule has 0 saturated carbocycles. The molecule has 0 unspecified atom stereocenters. The van der Waals surface area contributed by atoms with Crippen LogP contribution in [-0.4, -0.2) is 14.8 Å². The molecular formula is C16H25N3. The number of aromatic nitrogens is 3. The predicted octanol–water partition coefficient (Wildman–Crippen LogP) is 4.19. The fourth-order valence-electron chi connectivity index (χ4n) is 2.56. The number of aryl methyl sites for hydroxylation is 2. The summed E-state index contributed by atoms with van der Waals surface area (Å²) in [6.07, 6.45) is 11.7. The summed E-state index contributed by atoms with van der Waals surface area (Å²) < 4.78 is 1.81. The zero-order valence-electron chi connectivity index (χ0n) is 12.2. The summed E-state index contributed by atoms with van der Waals surface area (Å²) in [6.45, 7) is 4.49. The van der Waals surface area contributed by atoms with Gasteiger partial charge in [0.15, 0.2) is 0 Å². The third-order valence-corrected chi connectivity index (χ3v) is 3.65. The van der Waals surface area contributed by atoms with Gasteiger partial charge in [0.1, 0.15) is 0 Å². The van der Waals surface area contributed by atoms with Gasteiger partial charge in [0.25, 0.3) is 0 Å². The van der Waals surface area contributed by atoms with Crippen LogP contribution in [0.4, 0.5) is 0 Å². The van der Waals surface area contributed by atoms with Gasteiger partial charge < -0.3 is 0 Å². The molecule has 0 amide bonds. The maximum absolute atomic E-state index is 4.67. The molecule has 0 radical (unpaired) electrons. The van der Waals surface area contributed by atoms with Crippen molar-refractivity contribution in [1.82, 2.24) is 14.8 Å². The molecule has 0 spiro atoms. The number of hydrogen-bond donors (Lipinski definition) is 0. The van der Waals surface area contributed by atoms with Crippen LogP contribution in [-0.2, 0) is 12.8 Å². The predicted molar refractivity (Wildman–Crippen MR) is 79.4 cm³/mol. The van der Waals surface area contributed by atoms with E-state index in [9.17, 15) is 0 Å². The Morgan fingerprint density at radius 1 is 1.00 bits per heavy atom. The normalized spacial score (nSPS) is 11.3. The number of rotatable bonds is 8. The maximum atomic E-state index is 4.67. The second kappa shape index (κ2) is 7.27. The van der Waals surface area contributed by atoms with Gasteiger partial charge in [0.2, 0.25) is 0 Å². The lowest BCUT2D eigenvalue weighted by molar-refractivity contribution is 0.679. The topological polar surface area (TPSA) is 30.2 Å². The van der Waals surface area contributed by atoms with Crippen molar-refractivity contribution in [2.45, 2.75) is 65.2 Å². The van der Waals surface area contributed by atoms with Crippen molar-refractivity contribution in [3.63, 3.8) is 0 Å². The van der Waals surface area contributed by atoms with Gasteiger partial charge >= 0.3 is 0 Å². The highest BCUT2D eigenvalue weighted by molar-refractivity contribution is 5.55. The molecule has 0 fully saturated rings. The standard InChI is InChI=1S/C16H25N3/c1-3-5-7-10-14-15(11-8-6-4-2)18-19-16(14)12-9-13-17-19/h9,12-13H,3-8,10-11H2,1-2H3. The van der Waals surface area contributed by atoms with Crippen molar-refractivity contribution < 1.29 is 0 Å². The van der Waals surface area contributed by atoms with Crippen molar-refractivity contribution in [3.8, 4) is 0 Å². The maximum Gasteiger partial charge on any atom is 0.0908 e. The molecule has 0 aliphatic carbocycles. The summed E-state index contributed by atoms with van der Waals surface area (Å²) >= 11 is 0. The van der Waals surface area contributed by atoms with Gasteiger partial charge in [-0.3, -0.25) is 0 Å². The van der Waals surface area contributed by atoms with Crippen LogP contribution in [0.15, 0.2) is 18.3 Å². The molecule has 2 heterocycles. The minimum absolute atomic E-state index is 1.10. The third-order valence-electron chi connectivity index (χ3n) is 3.65. The lowest BCUT2D eigenvalue weighted by Gasteiger charge is -2.02. The minimum atomic E-state index is 1.10. The number of unbranched alkanes of at least 4 members (excludes halogenated alkanes) is 4. The molecule has 19 heavy (non-hydrogen) atoms. The Morgan fingerprint density at radius 3 is 2.47 bits per heavy atom. The SMILES string of the molecule is CCCCCc1nn2ncccc2c1CCCCC. The summed E-state index contributed by atoms with van der Waals surface area (Å²) in [5.41, 5.74) is 3.89. The molecule has 0 aliphatic heterocycles. The first-order valence-electron chi connectivity index (χ1n) is 7.68. The lowest BCUT2D eigenvalue weighted by Crippen LogP contribution is -1.94. The smallest absolute Gasteiger partial charge is 0.0908 e. The van der Waals surface area contributed by atoms with Crippen LogP contribution in [0.2, 0.25) is 0 Å². The molecule has 0 bridgehead atoms. The van der Waals surface area contributed by atoms with Crippen molar-refractivity contribution in [3.05, 3.63) is 29.6 Å². The van der Waals surface area contributed by atoms with Crippen LogP contribution in [0.1, 0.15) is 63.6 Å². The molecule has 104 valence electrons. The molecular weight excluding hydrogens is 234 g/mol. The van der Waals surface area contributed by atoms with Gasteiger partial charge in [-0.15, -0.1) is 0 Å². The first-order valence-corrected chi connectivity index (χ1v) is 7.68. The molecule has 2 aromatic rings. The zero-order valence-corrected chi connectivity index (χ0v) is 12.2. The Bertz CT molecular complexity index is 502. The van der Waals surface area contributed by atoms with E-state index in [1.165, 1.54) is 55.3 Å². The van der Waals surface area contributed by atoms with Gasteiger partial charge in [0.05, 0.1) is 11.2 Å². The Balaban J connectivity index is 2.18. The molecule has 0 aromatic carbocycles. The number of nitrogens with zero attached hydrogens (tertiary/aromatic N) is 3. The van der Waals surface area contributed by atoms with Crippen molar-refractivity contribution >= 4 is 5.52 Å². The van der Waals surface area contributed by atoms with E-state index >= 15 is 0 Å². The fourth-order valence-corrected chi connectivity index (χ4v) is 2.56. The van der Waals surface area contributed by atoms with E-state index in [4.69, 9.17) is 0 Å². The second-order valence-electron chi connectivity index (χ2n) is 5.24. The van der Waals surface area contributed by atoms with Crippen LogP contribution in [0, 0.1) is 0 Å². The van der Waals surface area contributed by atoms with Crippen LogP contribution >= 0.6 is 0 Å². The molecule has 3 heteroatoms. The van der Waals surface area contributed by atoms with E-state index in [-0.39, 0.29) is 0 Å². The Labute approximate surface area is 116 Å². The summed E-state index contributed by atoms with van der Waals surface area (Å²) in [4.78, 5) is 0. The molecule has 0 N–H and O–H groups in total. The highest BCUT2D eigenvalue weighted by Gasteiger charge is 2.12. The van der Waals surface area contributed by atoms with E-state index < -0.39 is 0 Å². The van der Waals surface area contributed by atoms with Gasteiger partial charge in [0, 0.05) is 11.8 Å². The van der Waals surface area contributed by atoms with E-state index in [0.717, 1.165) is 12.8 Å². The first-order chi connectivity index (χ1) is 9.36. The molecule has 0 aliphatic rings. The average Bonchev–Trinajstić information content (AvgIpc) is 2.78. The third kappa shape index (κ3) is 3.55. The average molecular weight is 259 g/mol. The van der Waals surface area contributed by atoms with Crippen LogP contribution in [0.5, 0.6) is 0 Å². The van der Waals surface area contributed by atoms with Crippen LogP contribution < -0.4 is 0 Å². The zero-order chi connectivity index (χ0) is 13.5. The van der Waals surface area contributed by atoms with Gasteiger partial charge in [-0.05, 0) is 37.8 Å². The van der Waals surface area contributed by atoms with Crippen LogP contribution in [0.25, 0.3) is 5.52 Å². The minimum Gasteiger partial charge on any atom is -0.159 e. The largest absolute Gasteiger partial charge is 0.159 e. The Kier molecular flexibility index (Phi) is 5.37. The monoisotopic (exact) mass is 259 g/mol. The Hall–Kier alpha value is -1.38. The summed E-state index contributed by atoms with van der Waals surface area (Å²) in [6, 6.07) is 4.15. The lowest BCUT2D eigenvalue weighted by atomic mass is 10.0. The number of fused-ring (bicyclic) bond motifs is 1. The quantitative estimate of drug-likeness (QED) is 0.665. The van der Waals surface area contributed by atoms with Crippen molar-refractivity contribution in [2.24, 2.45) is 0 Å². The van der Waals surface area contributed by atoms with Crippen LogP contribution in [0.3, 0.4) is 0 Å². The summed E-state index contributed by atoms with van der Waals surface area (Å²) in [7, 11) is 0. The molecule has 2 aromatic heterocycles. The summed E-state index contributed by atoms with van der Waals surface area (Å²) in [5.74, 6) is 0. The van der Waals surface area contributed by atoms with E-state index in [0.29, 0.717) is 0 Å². The Morgan fingerprint density at radius 2 is 1.74 bits per heavy atom. The van der Waals surface area contributed by atoms with Gasteiger partial charge in [-0.1, -0.05) is 39.5 Å². The van der Waals surface area contributed by atoms with Gasteiger partial charge in [-0.25, -0.2) is 0 Å². The molecule has 2 rings (SSSR count).